The quantitative estimate of drug-likeness (QED) is 0.142. The van der Waals surface area contributed by atoms with Gasteiger partial charge in [0.15, 0.2) is 0 Å². The van der Waals surface area contributed by atoms with E-state index >= 15 is 0 Å². The van der Waals surface area contributed by atoms with Crippen molar-refractivity contribution in [1.82, 2.24) is 4.98 Å². The average Bonchev–Trinajstić information content (AvgIpc) is 3.40. The van der Waals surface area contributed by atoms with E-state index in [1.165, 1.54) is 38.8 Å². The van der Waals surface area contributed by atoms with Crippen LogP contribution in [-0.2, 0) is 10.1 Å². The van der Waals surface area contributed by atoms with Crippen molar-refractivity contribution in [3.63, 3.8) is 0 Å². The molecule has 48 heavy (non-hydrogen) atoms. The molecule has 0 unspecified atom stereocenters. The highest BCUT2D eigenvalue weighted by Gasteiger charge is 2.46. The van der Waals surface area contributed by atoms with E-state index in [1.807, 2.05) is 13.8 Å². The van der Waals surface area contributed by atoms with Crippen LogP contribution in [0.2, 0.25) is 0 Å². The SMILES string of the molecule is CC(C)(O)C(C)(C)OBc1cccc(-c2nc3ccccc3c3cc4c(cc23)-c2ccccc2C4(c2ccccc2)c2ccccc2)c1. The van der Waals surface area contributed by atoms with Gasteiger partial charge in [-0.15, -0.1) is 0 Å². The molecule has 8 rings (SSSR count). The van der Waals surface area contributed by atoms with E-state index in [9.17, 15) is 5.11 Å². The van der Waals surface area contributed by atoms with Gasteiger partial charge in [0.1, 0.15) is 0 Å². The predicted octanol–water partition coefficient (Wildman–Crippen LogP) is 8.96. The number of fused-ring (bicyclic) bond motifs is 6. The first-order valence-electron chi connectivity index (χ1n) is 16.7. The first kappa shape index (κ1) is 30.3. The summed E-state index contributed by atoms with van der Waals surface area (Å²) in [6.07, 6.45) is 0. The average molecular weight is 624 g/mol. The largest absolute Gasteiger partial charge is 0.427 e. The third kappa shape index (κ3) is 4.70. The molecule has 1 aliphatic rings. The Morgan fingerprint density at radius 2 is 1.23 bits per heavy atom. The van der Waals surface area contributed by atoms with Gasteiger partial charge in [0.2, 0.25) is 0 Å². The topological polar surface area (TPSA) is 42.4 Å². The van der Waals surface area contributed by atoms with Crippen molar-refractivity contribution in [1.29, 1.82) is 0 Å². The van der Waals surface area contributed by atoms with Gasteiger partial charge < -0.3 is 9.76 Å². The predicted molar refractivity (Wildman–Crippen MR) is 200 cm³/mol. The van der Waals surface area contributed by atoms with Crippen molar-refractivity contribution in [2.24, 2.45) is 0 Å². The summed E-state index contributed by atoms with van der Waals surface area (Å²) in [6, 6.07) is 52.5. The summed E-state index contributed by atoms with van der Waals surface area (Å²) < 4.78 is 6.26. The molecule has 0 atom stereocenters. The molecule has 0 radical (unpaired) electrons. The number of nitrogens with zero attached hydrogens (tertiary/aromatic N) is 1. The van der Waals surface area contributed by atoms with Crippen molar-refractivity contribution >= 4 is 34.6 Å². The van der Waals surface area contributed by atoms with Crippen LogP contribution < -0.4 is 5.46 Å². The summed E-state index contributed by atoms with van der Waals surface area (Å²) in [5, 5.41) is 14.1. The second-order valence-corrected chi connectivity index (χ2v) is 14.0. The molecule has 4 heteroatoms. The Bertz CT molecular complexity index is 2270. The first-order valence-corrected chi connectivity index (χ1v) is 16.7. The van der Waals surface area contributed by atoms with Crippen LogP contribution in [0.5, 0.6) is 0 Å². The van der Waals surface area contributed by atoms with Crippen molar-refractivity contribution in [3.05, 3.63) is 168 Å². The van der Waals surface area contributed by atoms with Crippen molar-refractivity contribution in [2.75, 3.05) is 0 Å². The molecule has 0 saturated carbocycles. The second kappa shape index (κ2) is 11.3. The van der Waals surface area contributed by atoms with Gasteiger partial charge in [-0.25, -0.2) is 4.98 Å². The van der Waals surface area contributed by atoms with Gasteiger partial charge in [0, 0.05) is 16.3 Å². The molecule has 0 spiro atoms. The van der Waals surface area contributed by atoms with E-state index < -0.39 is 16.6 Å². The van der Waals surface area contributed by atoms with Crippen molar-refractivity contribution < 1.29 is 9.76 Å². The Kier molecular flexibility index (Phi) is 7.14. The van der Waals surface area contributed by atoms with Gasteiger partial charge in [-0.3, -0.25) is 0 Å². The summed E-state index contributed by atoms with van der Waals surface area (Å²) in [5.41, 5.74) is 9.38. The van der Waals surface area contributed by atoms with Gasteiger partial charge in [0.05, 0.1) is 27.8 Å². The summed E-state index contributed by atoms with van der Waals surface area (Å²) >= 11 is 0. The Morgan fingerprint density at radius 1 is 0.583 bits per heavy atom. The number of aromatic nitrogens is 1. The molecular weight excluding hydrogens is 585 g/mol. The van der Waals surface area contributed by atoms with Gasteiger partial charge in [-0.2, -0.15) is 0 Å². The Morgan fingerprint density at radius 3 is 1.94 bits per heavy atom. The molecule has 0 amide bonds. The lowest BCUT2D eigenvalue weighted by molar-refractivity contribution is -0.0893. The summed E-state index contributed by atoms with van der Waals surface area (Å²) in [5.74, 6) is 0. The minimum absolute atomic E-state index is 0.385. The Hall–Kier alpha value is -5.03. The summed E-state index contributed by atoms with van der Waals surface area (Å²) in [7, 11) is 0.385. The monoisotopic (exact) mass is 623 g/mol. The second-order valence-electron chi connectivity index (χ2n) is 14.0. The van der Waals surface area contributed by atoms with Crippen LogP contribution in [0.3, 0.4) is 0 Å². The third-order valence-corrected chi connectivity index (χ3v) is 10.6. The zero-order valence-electron chi connectivity index (χ0n) is 27.9. The van der Waals surface area contributed by atoms with Crippen LogP contribution in [-0.4, -0.2) is 28.8 Å². The molecule has 6 aromatic carbocycles. The van der Waals surface area contributed by atoms with Crippen LogP contribution in [0.15, 0.2) is 146 Å². The fourth-order valence-corrected chi connectivity index (χ4v) is 7.35. The zero-order valence-corrected chi connectivity index (χ0v) is 27.9. The molecular formula is C44H38BNO2. The lowest BCUT2D eigenvalue weighted by Gasteiger charge is -2.37. The van der Waals surface area contributed by atoms with E-state index in [4.69, 9.17) is 9.64 Å². The summed E-state index contributed by atoms with van der Waals surface area (Å²) in [6.45, 7) is 7.43. The van der Waals surface area contributed by atoms with Crippen LogP contribution >= 0.6 is 0 Å². The fraction of sp³-hybridized carbons (Fsp3) is 0.159. The van der Waals surface area contributed by atoms with Gasteiger partial charge in [-0.1, -0.05) is 133 Å². The zero-order chi connectivity index (χ0) is 33.1. The highest BCUT2D eigenvalue weighted by Crippen LogP contribution is 2.57. The number of pyridine rings is 1. The molecule has 0 aliphatic heterocycles. The molecule has 1 aliphatic carbocycles. The molecule has 1 heterocycles. The van der Waals surface area contributed by atoms with E-state index in [0.717, 1.165) is 33.0 Å². The van der Waals surface area contributed by atoms with Gasteiger partial charge in [-0.05, 0) is 84.7 Å². The minimum Gasteiger partial charge on any atom is -0.427 e. The molecule has 0 saturated heterocycles. The molecule has 0 fully saturated rings. The van der Waals surface area contributed by atoms with Crippen LogP contribution in [0.4, 0.5) is 0 Å². The van der Waals surface area contributed by atoms with Crippen LogP contribution in [0.1, 0.15) is 49.9 Å². The lowest BCUT2D eigenvalue weighted by Crippen LogP contribution is -2.49. The number of rotatable bonds is 7. The van der Waals surface area contributed by atoms with Crippen LogP contribution in [0, 0.1) is 0 Å². The van der Waals surface area contributed by atoms with E-state index in [2.05, 4.69) is 146 Å². The fourth-order valence-electron chi connectivity index (χ4n) is 7.35. The third-order valence-electron chi connectivity index (χ3n) is 10.6. The van der Waals surface area contributed by atoms with Gasteiger partial charge >= 0.3 is 7.48 Å². The van der Waals surface area contributed by atoms with Crippen molar-refractivity contribution in [2.45, 2.75) is 44.3 Å². The number of benzene rings is 6. The first-order chi connectivity index (χ1) is 23.2. The maximum Gasteiger partial charge on any atom is 0.309 e. The summed E-state index contributed by atoms with van der Waals surface area (Å²) in [4.78, 5) is 5.32. The number of hydrogen-bond acceptors (Lipinski definition) is 3. The molecule has 1 N–H and O–H groups in total. The van der Waals surface area contributed by atoms with Crippen LogP contribution in [0.25, 0.3) is 44.1 Å². The highest BCUT2D eigenvalue weighted by atomic mass is 16.5. The van der Waals surface area contributed by atoms with E-state index in [-0.39, 0.29) is 0 Å². The number of para-hydroxylation sites is 1. The molecule has 1 aromatic heterocycles. The molecule has 7 aromatic rings. The Labute approximate surface area is 283 Å². The maximum atomic E-state index is 10.7. The van der Waals surface area contributed by atoms with Crippen molar-refractivity contribution in [3.8, 4) is 22.4 Å². The normalized spacial score (nSPS) is 13.8. The number of aliphatic hydroxyl groups is 1. The number of hydrogen-bond donors (Lipinski definition) is 1. The lowest BCUT2D eigenvalue weighted by atomic mass is 9.67. The van der Waals surface area contributed by atoms with E-state index in [1.54, 1.807) is 13.8 Å². The molecule has 3 nitrogen and oxygen atoms in total. The Balaban J connectivity index is 1.40. The minimum atomic E-state index is -0.980. The standard InChI is InChI=1S/C44H38BNO2/c1-42(2,47)43(3,4)48-45-32-21-15-16-29(26-32)41-37-27-36-33-22-11-13-24-38(33)44(30-17-7-5-8-18-30,31-19-9-6-10-20-31)39(36)28-35(37)34-23-12-14-25-40(34)46-41/h5-28,45,47H,1-4H3. The van der Waals surface area contributed by atoms with E-state index in [0.29, 0.717) is 7.48 Å². The molecule has 0 bridgehead atoms. The molecule has 234 valence electrons. The smallest absolute Gasteiger partial charge is 0.309 e. The maximum absolute atomic E-state index is 10.7. The highest BCUT2D eigenvalue weighted by molar-refractivity contribution is 6.47. The van der Waals surface area contributed by atoms with Gasteiger partial charge in [0.25, 0.3) is 0 Å².